The lowest BCUT2D eigenvalue weighted by atomic mass is 10.1. The lowest BCUT2D eigenvalue weighted by molar-refractivity contribution is -0.146. The van der Waals surface area contributed by atoms with Crippen molar-refractivity contribution in [1.82, 2.24) is 10.0 Å². The van der Waals surface area contributed by atoms with Crippen molar-refractivity contribution in [2.75, 3.05) is 52.7 Å². The van der Waals surface area contributed by atoms with Crippen molar-refractivity contribution in [3.05, 3.63) is 59.2 Å². The maximum absolute atomic E-state index is 14.6. The zero-order chi connectivity index (χ0) is 36.6. The molecular weight excluding hydrogens is 676 g/mol. The third-order valence-electron chi connectivity index (χ3n) is 6.09. The first-order chi connectivity index (χ1) is 23.1. The lowest BCUT2D eigenvalue weighted by Gasteiger charge is -2.12. The molecule has 8 N–H and O–H groups in total. The standard InChI is InChI=1S/C30H39F2N5O11S/c1-18(28(41)37-30(33)34)15-20-16-23(31)27(24(32)17-20)48-21-3-5-22(6-4-21)49(43,44)36-8-10-46-12-14-47-13-11-45-9-7-35-29(42)26(40)25(39)19(2)38/h3-6,15-17,19,25,36,38-39H,7-14H2,1-2H3,(H,35,42)(H4,33,34,37,41)/b18-15+/t19?,25-/m0/s1. The first-order valence-corrected chi connectivity index (χ1v) is 16.1. The molecule has 16 nitrogen and oxygen atoms in total. The van der Waals surface area contributed by atoms with E-state index in [1.165, 1.54) is 44.2 Å². The fourth-order valence-corrected chi connectivity index (χ4v) is 4.65. The number of rotatable bonds is 21. The molecule has 2 aromatic rings. The monoisotopic (exact) mass is 715 g/mol. The van der Waals surface area contributed by atoms with E-state index < -0.39 is 63.2 Å². The van der Waals surface area contributed by atoms with Crippen molar-refractivity contribution in [2.45, 2.75) is 31.0 Å². The Hall–Kier alpha value is -4.37. The van der Waals surface area contributed by atoms with Gasteiger partial charge in [0.15, 0.2) is 23.3 Å². The normalized spacial score (nSPS) is 13.0. The second-order valence-corrected chi connectivity index (χ2v) is 11.9. The van der Waals surface area contributed by atoms with Crippen LogP contribution in [0.4, 0.5) is 8.78 Å². The predicted molar refractivity (Wildman–Crippen MR) is 171 cm³/mol. The van der Waals surface area contributed by atoms with Crippen molar-refractivity contribution < 1.29 is 60.7 Å². The van der Waals surface area contributed by atoms with E-state index in [1.54, 1.807) is 0 Å². The summed E-state index contributed by atoms with van der Waals surface area (Å²) in [6.07, 6.45) is -1.98. The topological polar surface area (TPSA) is 251 Å². The van der Waals surface area contributed by atoms with Gasteiger partial charge in [0, 0.05) is 18.7 Å². The van der Waals surface area contributed by atoms with Crippen LogP contribution in [0, 0.1) is 11.6 Å². The molecule has 0 radical (unpaired) electrons. The Labute approximate surface area is 281 Å². The molecule has 0 aliphatic rings. The van der Waals surface area contributed by atoms with Gasteiger partial charge in [0.05, 0.1) is 50.6 Å². The average Bonchev–Trinajstić information content (AvgIpc) is 3.03. The molecule has 0 fully saturated rings. The highest BCUT2D eigenvalue weighted by Crippen LogP contribution is 2.30. The van der Waals surface area contributed by atoms with E-state index in [0.29, 0.717) is 0 Å². The van der Waals surface area contributed by atoms with E-state index in [-0.39, 0.29) is 74.5 Å². The van der Waals surface area contributed by atoms with Gasteiger partial charge in [-0.25, -0.2) is 21.9 Å². The summed E-state index contributed by atoms with van der Waals surface area (Å²) in [5.41, 5.74) is 10.3. The summed E-state index contributed by atoms with van der Waals surface area (Å²) in [4.78, 5) is 38.1. The molecule has 2 rings (SSSR count). The van der Waals surface area contributed by atoms with E-state index in [4.69, 9.17) is 35.5 Å². The molecular formula is C30H39F2N5O11S. The van der Waals surface area contributed by atoms with Crippen LogP contribution in [0.5, 0.6) is 11.5 Å². The number of aliphatic imine (C=N–C) groups is 1. The minimum Gasteiger partial charge on any atom is -0.451 e. The molecule has 2 atom stereocenters. The number of nitrogens with two attached hydrogens (primary N) is 2. The third-order valence-corrected chi connectivity index (χ3v) is 7.57. The molecule has 19 heteroatoms. The number of nitrogens with one attached hydrogen (secondary N) is 2. The average molecular weight is 716 g/mol. The number of carbonyl (C=O) groups excluding carboxylic acids is 3. The number of guanidine groups is 1. The SMILES string of the molecule is C/C(=C\c1cc(F)c(Oc2ccc(S(=O)(=O)NCCOCCOCCOCCNC(=O)C(=O)[C@@H](O)C(C)O)cc2)c(F)c1)C(=O)N=C(N)N. The van der Waals surface area contributed by atoms with Gasteiger partial charge in [0.1, 0.15) is 11.9 Å². The number of amides is 2. The van der Waals surface area contributed by atoms with Crippen LogP contribution < -0.4 is 26.2 Å². The molecule has 0 saturated heterocycles. The van der Waals surface area contributed by atoms with Crippen molar-refractivity contribution in [1.29, 1.82) is 0 Å². The molecule has 0 heterocycles. The Bertz CT molecular complexity index is 1580. The second-order valence-electron chi connectivity index (χ2n) is 10.1. The molecule has 1 unspecified atom stereocenters. The zero-order valence-electron chi connectivity index (χ0n) is 26.7. The van der Waals surface area contributed by atoms with Crippen LogP contribution in [0.15, 0.2) is 51.9 Å². The van der Waals surface area contributed by atoms with Crippen LogP contribution >= 0.6 is 0 Å². The Kier molecular flexibility index (Phi) is 16.8. The van der Waals surface area contributed by atoms with Gasteiger partial charge in [0.2, 0.25) is 10.0 Å². The van der Waals surface area contributed by atoms with Crippen LogP contribution in [0.2, 0.25) is 0 Å². The largest absolute Gasteiger partial charge is 0.451 e. The van der Waals surface area contributed by atoms with Gasteiger partial charge in [-0.1, -0.05) is 0 Å². The molecule has 0 spiro atoms. The minimum absolute atomic E-state index is 0.0109. The van der Waals surface area contributed by atoms with Crippen molar-refractivity contribution >= 4 is 39.7 Å². The van der Waals surface area contributed by atoms with Crippen molar-refractivity contribution in [3.63, 3.8) is 0 Å². The van der Waals surface area contributed by atoms with E-state index in [0.717, 1.165) is 12.1 Å². The van der Waals surface area contributed by atoms with E-state index >= 15 is 0 Å². The number of Topliss-reactive ketones (excluding diaryl/α,β-unsaturated/α-hetero) is 1. The van der Waals surface area contributed by atoms with E-state index in [1.807, 2.05) is 0 Å². The number of ether oxygens (including phenoxy) is 4. The molecule has 49 heavy (non-hydrogen) atoms. The van der Waals surface area contributed by atoms with Gasteiger partial charge in [-0.15, -0.1) is 0 Å². The molecule has 270 valence electrons. The molecule has 0 aromatic heterocycles. The summed E-state index contributed by atoms with van der Waals surface area (Å²) in [7, 11) is -3.94. The van der Waals surface area contributed by atoms with Crippen molar-refractivity contribution in [3.8, 4) is 11.5 Å². The van der Waals surface area contributed by atoms with E-state index in [9.17, 15) is 36.7 Å². The number of sulfonamides is 1. The molecule has 0 aliphatic carbocycles. The quantitative estimate of drug-likeness (QED) is 0.0320. The van der Waals surface area contributed by atoms with Crippen LogP contribution in [0.25, 0.3) is 6.08 Å². The number of aliphatic hydroxyl groups excluding tert-OH is 2. The highest BCUT2D eigenvalue weighted by molar-refractivity contribution is 7.89. The summed E-state index contributed by atoms with van der Waals surface area (Å²) in [5.74, 6) is -6.34. The fraction of sp³-hybridized carbons (Fsp3) is 0.400. The Morgan fingerprint density at radius 3 is 1.98 bits per heavy atom. The van der Waals surface area contributed by atoms with Gasteiger partial charge in [0.25, 0.3) is 17.6 Å². The second kappa shape index (κ2) is 20.2. The fourth-order valence-electron chi connectivity index (χ4n) is 3.63. The maximum atomic E-state index is 14.6. The molecule has 0 bridgehead atoms. The number of carbonyl (C=O) groups is 3. The maximum Gasteiger partial charge on any atom is 0.290 e. The number of aliphatic hydroxyl groups is 2. The number of benzene rings is 2. The summed E-state index contributed by atoms with van der Waals surface area (Å²) in [6, 6.07) is 6.69. The minimum atomic E-state index is -3.94. The van der Waals surface area contributed by atoms with Crippen LogP contribution in [-0.2, 0) is 38.6 Å². The first kappa shape index (κ1) is 40.8. The number of hydrogen-bond donors (Lipinski definition) is 6. The van der Waals surface area contributed by atoms with Gasteiger partial charge < -0.3 is 45.9 Å². The van der Waals surface area contributed by atoms with E-state index in [2.05, 4.69) is 15.0 Å². The number of ketones is 1. The molecule has 2 amide bonds. The Morgan fingerprint density at radius 1 is 0.918 bits per heavy atom. The Balaban J connectivity index is 1.68. The summed E-state index contributed by atoms with van der Waals surface area (Å²) in [5, 5.41) is 20.7. The van der Waals surface area contributed by atoms with Crippen LogP contribution in [0.1, 0.15) is 19.4 Å². The summed E-state index contributed by atoms with van der Waals surface area (Å²) < 4.78 is 77.9. The highest BCUT2D eigenvalue weighted by atomic mass is 32.2. The number of nitrogens with zero attached hydrogens (tertiary/aromatic N) is 1. The molecule has 0 aliphatic heterocycles. The van der Waals surface area contributed by atoms with Gasteiger partial charge in [-0.2, -0.15) is 4.99 Å². The first-order valence-electron chi connectivity index (χ1n) is 14.6. The summed E-state index contributed by atoms with van der Waals surface area (Å²) in [6.45, 7) is 3.36. The van der Waals surface area contributed by atoms with Crippen molar-refractivity contribution in [2.24, 2.45) is 16.5 Å². The molecule has 2 aromatic carbocycles. The number of halogens is 2. The van der Waals surface area contributed by atoms with Gasteiger partial charge in [-0.05, 0) is 61.9 Å². The van der Waals surface area contributed by atoms with Gasteiger partial charge in [-0.3, -0.25) is 14.4 Å². The zero-order valence-corrected chi connectivity index (χ0v) is 27.5. The highest BCUT2D eigenvalue weighted by Gasteiger charge is 2.26. The lowest BCUT2D eigenvalue weighted by Crippen LogP contribution is -2.43. The van der Waals surface area contributed by atoms with Crippen LogP contribution in [-0.4, -0.2) is 107 Å². The van der Waals surface area contributed by atoms with Crippen LogP contribution in [0.3, 0.4) is 0 Å². The Morgan fingerprint density at radius 2 is 1.45 bits per heavy atom. The smallest absolute Gasteiger partial charge is 0.290 e. The summed E-state index contributed by atoms with van der Waals surface area (Å²) >= 11 is 0. The number of hydrogen-bond acceptors (Lipinski definition) is 11. The third kappa shape index (κ3) is 14.3. The van der Waals surface area contributed by atoms with Gasteiger partial charge >= 0.3 is 0 Å². The molecule has 0 saturated carbocycles. The predicted octanol–water partition coefficient (Wildman–Crippen LogP) is -0.284.